The third-order valence-electron chi connectivity index (χ3n) is 8.72. The van der Waals surface area contributed by atoms with Crippen LogP contribution in [0.25, 0.3) is 0 Å². The van der Waals surface area contributed by atoms with Crippen LogP contribution in [0, 0.1) is 35.0 Å². The third kappa shape index (κ3) is 4.93. The molecule has 0 aliphatic heterocycles. The lowest BCUT2D eigenvalue weighted by Crippen LogP contribution is -2.38. The van der Waals surface area contributed by atoms with E-state index in [1.165, 1.54) is 50.5 Å². The summed E-state index contributed by atoms with van der Waals surface area (Å²) in [5, 5.41) is 19.9. The Hall–Kier alpha value is -0.930. The first-order valence-corrected chi connectivity index (χ1v) is 12.4. The summed E-state index contributed by atoms with van der Waals surface area (Å²) in [6, 6.07) is 0. The summed E-state index contributed by atoms with van der Waals surface area (Å²) in [5.74, 6) is 2.59. The highest BCUT2D eigenvalue weighted by Gasteiger charge is 2.50. The molecule has 0 aromatic carbocycles. The molecule has 3 heteroatoms. The summed E-state index contributed by atoms with van der Waals surface area (Å²) < 4.78 is 0. The number of hydrogen-bond donors (Lipinski definition) is 2. The lowest BCUT2D eigenvalue weighted by atomic mass is 9.60. The maximum atomic E-state index is 13.1. The molecular formula is C27H44O3. The Morgan fingerprint density at radius 1 is 1.20 bits per heavy atom. The van der Waals surface area contributed by atoms with Crippen molar-refractivity contribution < 1.29 is 15.0 Å². The Morgan fingerprint density at radius 3 is 2.63 bits per heavy atom. The van der Waals surface area contributed by atoms with Gasteiger partial charge in [-0.2, -0.15) is 0 Å². The molecule has 3 aliphatic carbocycles. The molecule has 0 radical (unpaired) electrons. The zero-order chi connectivity index (χ0) is 22.1. The quantitative estimate of drug-likeness (QED) is 0.404. The third-order valence-corrected chi connectivity index (χ3v) is 8.72. The predicted octanol–water partition coefficient (Wildman–Crippen LogP) is 5.85. The van der Waals surface area contributed by atoms with Gasteiger partial charge in [0.05, 0.1) is 12.2 Å². The highest BCUT2D eigenvalue weighted by molar-refractivity contribution is 5.94. The van der Waals surface area contributed by atoms with Crippen molar-refractivity contribution in [1.29, 1.82) is 0 Å². The molecule has 2 N–H and O–H groups in total. The van der Waals surface area contributed by atoms with E-state index >= 15 is 0 Å². The Balaban J connectivity index is 1.70. The summed E-state index contributed by atoms with van der Waals surface area (Å²) in [7, 11) is 0. The highest BCUT2D eigenvalue weighted by Crippen LogP contribution is 2.60. The largest absolute Gasteiger partial charge is 0.390 e. The van der Waals surface area contributed by atoms with Gasteiger partial charge < -0.3 is 10.2 Å². The van der Waals surface area contributed by atoms with Crippen LogP contribution in [0.3, 0.4) is 0 Å². The van der Waals surface area contributed by atoms with Crippen molar-refractivity contribution >= 4 is 5.78 Å². The van der Waals surface area contributed by atoms with Gasteiger partial charge in [0.15, 0.2) is 5.78 Å². The predicted molar refractivity (Wildman–Crippen MR) is 123 cm³/mol. The van der Waals surface area contributed by atoms with Gasteiger partial charge in [0, 0.05) is 5.92 Å². The average Bonchev–Trinajstić information content (AvgIpc) is 3.02. The summed E-state index contributed by atoms with van der Waals surface area (Å²) in [6.07, 6.45) is 10.9. The first-order chi connectivity index (χ1) is 14.1. The van der Waals surface area contributed by atoms with Gasteiger partial charge in [0.25, 0.3) is 0 Å². The Kier molecular flexibility index (Phi) is 7.66. The maximum absolute atomic E-state index is 13.1. The van der Waals surface area contributed by atoms with E-state index in [1.54, 1.807) is 0 Å². The molecule has 3 unspecified atom stereocenters. The van der Waals surface area contributed by atoms with Gasteiger partial charge in [0.2, 0.25) is 0 Å². The molecular weight excluding hydrogens is 372 g/mol. The average molecular weight is 417 g/mol. The molecule has 0 aromatic heterocycles. The van der Waals surface area contributed by atoms with Crippen molar-refractivity contribution in [2.75, 3.05) is 0 Å². The normalized spacial score (nSPS) is 39.4. The molecule has 30 heavy (non-hydrogen) atoms. The lowest BCUT2D eigenvalue weighted by Gasteiger charge is -2.44. The number of carbonyl (C=O) groups is 1. The van der Waals surface area contributed by atoms with Crippen LogP contribution >= 0.6 is 0 Å². The molecule has 3 saturated carbocycles. The first kappa shape index (κ1) is 23.7. The number of rotatable bonds is 7. The van der Waals surface area contributed by atoms with E-state index in [2.05, 4.69) is 34.3 Å². The van der Waals surface area contributed by atoms with Crippen molar-refractivity contribution in [2.45, 2.75) is 104 Å². The first-order valence-electron chi connectivity index (χ1n) is 12.4. The molecule has 3 rings (SSSR count). The number of aliphatic hydroxyl groups is 2. The van der Waals surface area contributed by atoms with E-state index in [9.17, 15) is 15.0 Å². The molecule has 0 saturated heterocycles. The molecule has 0 spiro atoms. The van der Waals surface area contributed by atoms with Gasteiger partial charge in [-0.15, -0.1) is 0 Å². The molecule has 7 atom stereocenters. The standard InChI is InChI=1S/C27H44O3/c1-17(2)8-6-9-18(3)22-11-12-23-20(10-7-13-27(22,23)5)15-24(28)21-16-26(30)25(29)14-19(21)4/h15,17-18,21-23,25-26,29-30H,4,6-14,16H2,1-3,5H3/t18-,21?,22-,23?,25?,26-,27-/m1/s1. The molecule has 170 valence electrons. The zero-order valence-electron chi connectivity index (χ0n) is 19.7. The van der Waals surface area contributed by atoms with Crippen LogP contribution in [-0.2, 0) is 4.79 Å². The van der Waals surface area contributed by atoms with Crippen LogP contribution < -0.4 is 0 Å². The zero-order valence-corrected chi connectivity index (χ0v) is 19.7. The number of allylic oxidation sites excluding steroid dienone is 2. The van der Waals surface area contributed by atoms with Crippen LogP contribution in [0.2, 0.25) is 0 Å². The highest BCUT2D eigenvalue weighted by atomic mass is 16.3. The Labute approximate surface area is 184 Å². The summed E-state index contributed by atoms with van der Waals surface area (Å²) in [4.78, 5) is 13.1. The summed E-state index contributed by atoms with van der Waals surface area (Å²) in [5.41, 5.74) is 2.44. The molecule has 3 fully saturated rings. The Bertz CT molecular complexity index is 663. The molecule has 0 bridgehead atoms. The van der Waals surface area contributed by atoms with Crippen molar-refractivity contribution in [2.24, 2.45) is 35.0 Å². The van der Waals surface area contributed by atoms with Crippen LogP contribution in [0.5, 0.6) is 0 Å². The molecule has 0 heterocycles. The van der Waals surface area contributed by atoms with Crippen LogP contribution in [0.4, 0.5) is 0 Å². The summed E-state index contributed by atoms with van der Waals surface area (Å²) >= 11 is 0. The van der Waals surface area contributed by atoms with E-state index in [0.717, 1.165) is 29.7 Å². The van der Waals surface area contributed by atoms with E-state index in [4.69, 9.17) is 0 Å². The molecule has 3 nitrogen and oxygen atoms in total. The summed E-state index contributed by atoms with van der Waals surface area (Å²) in [6.45, 7) is 13.6. The monoisotopic (exact) mass is 416 g/mol. The lowest BCUT2D eigenvalue weighted by molar-refractivity contribution is -0.120. The van der Waals surface area contributed by atoms with Crippen molar-refractivity contribution in [3.63, 3.8) is 0 Å². The number of fused-ring (bicyclic) bond motifs is 1. The van der Waals surface area contributed by atoms with E-state index in [-0.39, 0.29) is 11.7 Å². The van der Waals surface area contributed by atoms with E-state index in [0.29, 0.717) is 24.2 Å². The van der Waals surface area contributed by atoms with Gasteiger partial charge >= 0.3 is 0 Å². The smallest absolute Gasteiger partial charge is 0.162 e. The topological polar surface area (TPSA) is 57.5 Å². The van der Waals surface area contributed by atoms with Gasteiger partial charge in [0.1, 0.15) is 0 Å². The maximum Gasteiger partial charge on any atom is 0.162 e. The van der Waals surface area contributed by atoms with Gasteiger partial charge in [-0.05, 0) is 80.1 Å². The van der Waals surface area contributed by atoms with Gasteiger partial charge in [-0.3, -0.25) is 4.79 Å². The molecule has 3 aliphatic rings. The van der Waals surface area contributed by atoms with Crippen molar-refractivity contribution in [1.82, 2.24) is 0 Å². The fourth-order valence-electron chi connectivity index (χ4n) is 6.95. The Morgan fingerprint density at radius 2 is 1.93 bits per heavy atom. The second-order valence-electron chi connectivity index (χ2n) is 11.3. The van der Waals surface area contributed by atoms with Crippen LogP contribution in [-0.4, -0.2) is 28.2 Å². The van der Waals surface area contributed by atoms with Gasteiger partial charge in [-0.1, -0.05) is 64.7 Å². The second-order valence-corrected chi connectivity index (χ2v) is 11.3. The minimum absolute atomic E-state index is 0.0960. The number of aliphatic hydroxyl groups excluding tert-OH is 2. The van der Waals surface area contributed by atoms with Crippen LogP contribution in [0.1, 0.15) is 91.9 Å². The fraction of sp³-hybridized carbons (Fsp3) is 0.815. The van der Waals surface area contributed by atoms with Crippen molar-refractivity contribution in [3.05, 3.63) is 23.8 Å². The minimum atomic E-state index is -0.818. The van der Waals surface area contributed by atoms with Crippen LogP contribution in [0.15, 0.2) is 23.8 Å². The number of hydrogen-bond acceptors (Lipinski definition) is 3. The van der Waals surface area contributed by atoms with E-state index in [1.807, 2.05) is 6.08 Å². The second kappa shape index (κ2) is 9.69. The van der Waals surface area contributed by atoms with E-state index < -0.39 is 12.2 Å². The van der Waals surface area contributed by atoms with Crippen molar-refractivity contribution in [3.8, 4) is 0 Å². The van der Waals surface area contributed by atoms with Gasteiger partial charge in [-0.25, -0.2) is 0 Å². The number of carbonyl (C=O) groups excluding carboxylic acids is 1. The molecule has 0 aromatic rings. The molecule has 0 amide bonds. The SMILES string of the molecule is C=C1CC(O)[C@H](O)CC1C(=O)C=C1CCC[C@@]2(C)C1CC[C@@H]2[C@H](C)CCCC(C)C. The number of ketones is 1. The minimum Gasteiger partial charge on any atom is -0.390 e. The fourth-order valence-corrected chi connectivity index (χ4v) is 6.95.